The van der Waals surface area contributed by atoms with E-state index in [0.29, 0.717) is 16.4 Å². The first-order valence-corrected chi connectivity index (χ1v) is 9.27. The average molecular weight is 406 g/mol. The number of rotatable bonds is 5. The van der Waals surface area contributed by atoms with Gasteiger partial charge in [0.25, 0.3) is 5.91 Å². The SMILES string of the molecule is Cc1nn(-c2cccc(Cl)c2)nc1C(=O)OCC(=O)NC(=O)NC1CCCC1. The predicted molar refractivity (Wildman–Crippen MR) is 100 cm³/mol. The minimum Gasteiger partial charge on any atom is -0.451 e. The van der Waals surface area contributed by atoms with Gasteiger partial charge in [0.15, 0.2) is 12.3 Å². The van der Waals surface area contributed by atoms with Gasteiger partial charge in [0.05, 0.1) is 11.4 Å². The number of halogens is 1. The van der Waals surface area contributed by atoms with Crippen LogP contribution >= 0.6 is 11.6 Å². The molecule has 1 saturated carbocycles. The number of aromatic nitrogens is 3. The highest BCUT2D eigenvalue weighted by molar-refractivity contribution is 6.30. The molecule has 1 heterocycles. The zero-order chi connectivity index (χ0) is 20.1. The number of urea groups is 1. The lowest BCUT2D eigenvalue weighted by Gasteiger charge is -2.12. The van der Waals surface area contributed by atoms with Crippen LogP contribution in [0, 0.1) is 6.92 Å². The number of aryl methyl sites for hydroxylation is 1. The zero-order valence-corrected chi connectivity index (χ0v) is 16.0. The van der Waals surface area contributed by atoms with Crippen LogP contribution in [0.25, 0.3) is 5.69 Å². The normalized spacial score (nSPS) is 13.9. The highest BCUT2D eigenvalue weighted by Crippen LogP contribution is 2.17. The first-order chi connectivity index (χ1) is 13.4. The molecule has 9 nitrogen and oxygen atoms in total. The molecule has 1 aromatic heterocycles. The molecule has 0 atom stereocenters. The second kappa shape index (κ2) is 8.83. The average Bonchev–Trinajstić information content (AvgIpc) is 3.29. The van der Waals surface area contributed by atoms with Gasteiger partial charge in [-0.2, -0.15) is 9.90 Å². The number of ether oxygens (including phenoxy) is 1. The fraction of sp³-hybridized carbons (Fsp3) is 0.389. The van der Waals surface area contributed by atoms with Crippen LogP contribution in [-0.2, 0) is 9.53 Å². The van der Waals surface area contributed by atoms with E-state index in [9.17, 15) is 14.4 Å². The summed E-state index contributed by atoms with van der Waals surface area (Å²) in [4.78, 5) is 37.0. The summed E-state index contributed by atoms with van der Waals surface area (Å²) >= 11 is 5.95. The van der Waals surface area contributed by atoms with Crippen LogP contribution < -0.4 is 10.6 Å². The summed E-state index contributed by atoms with van der Waals surface area (Å²) in [6, 6.07) is 6.31. The van der Waals surface area contributed by atoms with Gasteiger partial charge >= 0.3 is 12.0 Å². The number of benzene rings is 1. The number of carbonyl (C=O) groups excluding carboxylic acids is 3. The third-order valence-corrected chi connectivity index (χ3v) is 4.53. The van der Waals surface area contributed by atoms with Gasteiger partial charge < -0.3 is 10.1 Å². The molecule has 0 aliphatic heterocycles. The Morgan fingerprint density at radius 1 is 1.25 bits per heavy atom. The van der Waals surface area contributed by atoms with Gasteiger partial charge in [0.2, 0.25) is 0 Å². The molecule has 2 aromatic rings. The summed E-state index contributed by atoms with van der Waals surface area (Å²) in [6.45, 7) is 1.00. The van der Waals surface area contributed by atoms with Crippen molar-refractivity contribution in [3.05, 3.63) is 40.7 Å². The van der Waals surface area contributed by atoms with Crippen LogP contribution in [0.2, 0.25) is 5.02 Å². The molecule has 2 N–H and O–H groups in total. The molecule has 0 saturated heterocycles. The van der Waals surface area contributed by atoms with Crippen LogP contribution in [0.15, 0.2) is 24.3 Å². The van der Waals surface area contributed by atoms with Gasteiger partial charge in [0, 0.05) is 11.1 Å². The fourth-order valence-electron chi connectivity index (χ4n) is 2.94. The molecule has 28 heavy (non-hydrogen) atoms. The van der Waals surface area contributed by atoms with E-state index in [0.717, 1.165) is 25.7 Å². The highest BCUT2D eigenvalue weighted by atomic mass is 35.5. The summed E-state index contributed by atoms with van der Waals surface area (Å²) in [7, 11) is 0. The van der Waals surface area contributed by atoms with Crippen molar-refractivity contribution in [1.29, 1.82) is 0 Å². The third-order valence-electron chi connectivity index (χ3n) is 4.29. The molecule has 0 spiro atoms. The molecule has 10 heteroatoms. The number of esters is 1. The van der Waals surface area contributed by atoms with Crippen molar-refractivity contribution in [3.8, 4) is 5.69 Å². The lowest BCUT2D eigenvalue weighted by atomic mass is 10.2. The Balaban J connectivity index is 1.53. The van der Waals surface area contributed by atoms with Crippen LogP contribution in [0.1, 0.15) is 41.9 Å². The van der Waals surface area contributed by atoms with Gasteiger partial charge in [-0.25, -0.2) is 9.59 Å². The fourth-order valence-corrected chi connectivity index (χ4v) is 3.12. The Morgan fingerprint density at radius 2 is 2.00 bits per heavy atom. The van der Waals surface area contributed by atoms with E-state index in [1.807, 2.05) is 0 Å². The molecule has 1 aliphatic carbocycles. The molecular weight excluding hydrogens is 386 g/mol. The van der Waals surface area contributed by atoms with Gasteiger partial charge in [-0.1, -0.05) is 30.5 Å². The first kappa shape index (κ1) is 19.8. The van der Waals surface area contributed by atoms with Crippen molar-refractivity contribution < 1.29 is 19.1 Å². The minimum absolute atomic E-state index is 0.0248. The van der Waals surface area contributed by atoms with Crippen LogP contribution in [0.5, 0.6) is 0 Å². The number of nitrogens with one attached hydrogen (secondary N) is 2. The zero-order valence-electron chi connectivity index (χ0n) is 15.3. The molecule has 1 fully saturated rings. The number of nitrogens with zero attached hydrogens (tertiary/aromatic N) is 3. The van der Waals surface area contributed by atoms with Crippen molar-refractivity contribution in [1.82, 2.24) is 25.6 Å². The Morgan fingerprint density at radius 3 is 2.71 bits per heavy atom. The second-order valence-electron chi connectivity index (χ2n) is 6.48. The Kier molecular flexibility index (Phi) is 6.25. The Bertz CT molecular complexity index is 892. The Hall–Kier alpha value is -2.94. The van der Waals surface area contributed by atoms with E-state index in [1.54, 1.807) is 31.2 Å². The number of hydrogen-bond donors (Lipinski definition) is 2. The highest BCUT2D eigenvalue weighted by Gasteiger charge is 2.21. The standard InChI is InChI=1S/C18H20ClN5O4/c1-11-16(23-24(22-11)14-8-4-5-12(19)9-14)17(26)28-10-15(25)21-18(27)20-13-6-2-3-7-13/h4-5,8-9,13H,2-3,6-7,10H2,1H3,(H2,20,21,25,27). The summed E-state index contributed by atoms with van der Waals surface area (Å²) in [5.74, 6) is -1.53. The maximum atomic E-state index is 12.2. The third kappa shape index (κ3) is 5.07. The predicted octanol–water partition coefficient (Wildman–Crippen LogP) is 2.15. The van der Waals surface area contributed by atoms with E-state index in [1.165, 1.54) is 4.80 Å². The summed E-state index contributed by atoms with van der Waals surface area (Å²) in [5.41, 5.74) is 0.892. The molecule has 3 rings (SSSR count). The van der Waals surface area contributed by atoms with Crippen molar-refractivity contribution >= 4 is 29.5 Å². The topological polar surface area (TPSA) is 115 Å². The van der Waals surface area contributed by atoms with Crippen molar-refractivity contribution in [2.24, 2.45) is 0 Å². The smallest absolute Gasteiger partial charge is 0.361 e. The van der Waals surface area contributed by atoms with Crippen LogP contribution in [0.4, 0.5) is 4.79 Å². The summed E-state index contributed by atoms with van der Waals surface area (Å²) in [5, 5.41) is 13.6. The lowest BCUT2D eigenvalue weighted by Crippen LogP contribution is -2.45. The van der Waals surface area contributed by atoms with E-state index >= 15 is 0 Å². The van der Waals surface area contributed by atoms with Gasteiger partial charge in [0.1, 0.15) is 0 Å². The monoisotopic (exact) mass is 405 g/mol. The quantitative estimate of drug-likeness (QED) is 0.736. The molecule has 0 unspecified atom stereocenters. The number of hydrogen-bond acceptors (Lipinski definition) is 6. The van der Waals surface area contributed by atoms with Crippen LogP contribution in [-0.4, -0.2) is 45.6 Å². The van der Waals surface area contributed by atoms with Gasteiger partial charge in [-0.3, -0.25) is 10.1 Å². The van der Waals surface area contributed by atoms with E-state index in [4.69, 9.17) is 16.3 Å². The van der Waals surface area contributed by atoms with Crippen molar-refractivity contribution in [2.45, 2.75) is 38.6 Å². The first-order valence-electron chi connectivity index (χ1n) is 8.90. The molecular formula is C18H20ClN5O4. The maximum absolute atomic E-state index is 12.2. The van der Waals surface area contributed by atoms with Crippen molar-refractivity contribution in [3.63, 3.8) is 0 Å². The molecule has 148 valence electrons. The Labute approximate surface area is 166 Å². The van der Waals surface area contributed by atoms with Gasteiger partial charge in [-0.05, 0) is 38.0 Å². The number of amides is 3. The van der Waals surface area contributed by atoms with E-state index in [2.05, 4.69) is 20.8 Å². The number of carbonyl (C=O) groups is 3. The minimum atomic E-state index is -0.808. The van der Waals surface area contributed by atoms with E-state index in [-0.39, 0.29) is 11.7 Å². The lowest BCUT2D eigenvalue weighted by molar-refractivity contribution is -0.123. The summed E-state index contributed by atoms with van der Waals surface area (Å²) < 4.78 is 4.94. The van der Waals surface area contributed by atoms with Crippen molar-refractivity contribution in [2.75, 3.05) is 6.61 Å². The molecule has 0 bridgehead atoms. The molecule has 1 aromatic carbocycles. The van der Waals surface area contributed by atoms with E-state index < -0.39 is 24.5 Å². The molecule has 1 aliphatic rings. The maximum Gasteiger partial charge on any atom is 0.361 e. The van der Waals surface area contributed by atoms with Gasteiger partial charge in [-0.15, -0.1) is 5.10 Å². The largest absolute Gasteiger partial charge is 0.451 e. The second-order valence-corrected chi connectivity index (χ2v) is 6.92. The summed E-state index contributed by atoms with van der Waals surface area (Å²) in [6.07, 6.45) is 3.92. The molecule has 0 radical (unpaired) electrons. The van der Waals surface area contributed by atoms with Crippen LogP contribution in [0.3, 0.4) is 0 Å². The molecule has 3 amide bonds. The number of imide groups is 1.